The Kier molecular flexibility index (Phi) is 6.02. The highest BCUT2D eigenvalue weighted by Gasteiger charge is 2.47. The lowest BCUT2D eigenvalue weighted by atomic mass is 9.78. The molecule has 31 heavy (non-hydrogen) atoms. The first-order valence-corrected chi connectivity index (χ1v) is 21.5. The van der Waals surface area contributed by atoms with Crippen LogP contribution in [0.3, 0.4) is 0 Å². The molecule has 0 spiro atoms. The third-order valence-electron chi connectivity index (χ3n) is 5.53. The van der Waals surface area contributed by atoms with Gasteiger partial charge in [-0.3, -0.25) is 0 Å². The highest BCUT2D eigenvalue weighted by atomic mass is 28.3. The Hall–Kier alpha value is -1.60. The van der Waals surface area contributed by atoms with Crippen molar-refractivity contribution in [2.24, 2.45) is 0 Å². The van der Waals surface area contributed by atoms with Gasteiger partial charge in [0.15, 0.2) is 0 Å². The fraction of sp³-hybridized carbons (Fsp3) is 0.542. The smallest absolute Gasteiger partial charge is 0.335 e. The Bertz CT molecular complexity index is 1030. The molecule has 0 bridgehead atoms. The van der Waals surface area contributed by atoms with Crippen LogP contribution in [0.2, 0.25) is 58.9 Å². The zero-order valence-corrected chi connectivity index (χ0v) is 23.4. The molecule has 0 aromatic carbocycles. The number of carbonyl (C=O) groups excluding carboxylic acids is 1. The van der Waals surface area contributed by atoms with Crippen LogP contribution in [0.4, 0.5) is 0 Å². The molecule has 4 nitrogen and oxygen atoms in total. The number of allylic oxidation sites excluding steroid dienone is 1. The number of rotatable bonds is 4. The molecule has 1 aliphatic carbocycles. The molecule has 1 aromatic rings. The van der Waals surface area contributed by atoms with Crippen LogP contribution >= 0.6 is 0 Å². The Labute approximate surface area is 189 Å². The number of carbonyl (C=O) groups is 1. The van der Waals surface area contributed by atoms with Crippen molar-refractivity contribution in [2.45, 2.75) is 83.8 Å². The van der Waals surface area contributed by atoms with Gasteiger partial charge < -0.3 is 14.3 Å². The molecule has 0 radical (unpaired) electrons. The van der Waals surface area contributed by atoms with Crippen molar-refractivity contribution >= 4 is 41.1 Å². The summed E-state index contributed by atoms with van der Waals surface area (Å²) in [7, 11) is -5.13. The second-order valence-corrected chi connectivity index (χ2v) is 26.8. The maximum atomic E-state index is 12.9. The SMILES string of the molecule is C[Si](C)(C)C#CCC1(O)CC2=C([Si](C)(C)C)C(=O)OC2=C(c2ccc([Si](C)(C)C)o2)C1. The summed E-state index contributed by atoms with van der Waals surface area (Å²) >= 11 is 0. The van der Waals surface area contributed by atoms with E-state index in [0.29, 0.717) is 30.8 Å². The van der Waals surface area contributed by atoms with Crippen molar-refractivity contribution in [2.75, 3.05) is 0 Å². The Balaban J connectivity index is 2.14. The predicted octanol–water partition coefficient (Wildman–Crippen LogP) is 5.06. The van der Waals surface area contributed by atoms with E-state index < -0.39 is 29.8 Å². The summed E-state index contributed by atoms with van der Waals surface area (Å²) in [5, 5.41) is 13.4. The second-order valence-electron chi connectivity index (χ2n) is 12.0. The van der Waals surface area contributed by atoms with E-state index in [9.17, 15) is 9.90 Å². The van der Waals surface area contributed by atoms with Crippen LogP contribution in [0.1, 0.15) is 25.0 Å². The molecule has 0 saturated carbocycles. The van der Waals surface area contributed by atoms with Gasteiger partial charge in [0.25, 0.3) is 0 Å². The summed E-state index contributed by atoms with van der Waals surface area (Å²) in [6.07, 6.45) is 1.16. The van der Waals surface area contributed by atoms with Crippen LogP contribution < -0.4 is 5.38 Å². The average molecular weight is 473 g/mol. The first-order chi connectivity index (χ1) is 14.0. The number of hydrogen-bond acceptors (Lipinski definition) is 4. The third kappa shape index (κ3) is 5.25. The highest BCUT2D eigenvalue weighted by Crippen LogP contribution is 2.48. The molecule has 2 aliphatic rings. The molecule has 1 N–H and O–H groups in total. The Morgan fingerprint density at radius 1 is 0.968 bits per heavy atom. The van der Waals surface area contributed by atoms with Gasteiger partial charge in [-0.15, -0.1) is 11.5 Å². The summed E-state index contributed by atoms with van der Waals surface area (Å²) < 4.78 is 12.1. The van der Waals surface area contributed by atoms with E-state index in [1.54, 1.807) is 0 Å². The number of furan rings is 1. The maximum absolute atomic E-state index is 12.9. The lowest BCUT2D eigenvalue weighted by molar-refractivity contribution is -0.132. The number of esters is 1. The van der Waals surface area contributed by atoms with Crippen LogP contribution in [0, 0.1) is 11.5 Å². The minimum atomic E-state index is -1.97. The van der Waals surface area contributed by atoms with Gasteiger partial charge in [-0.25, -0.2) is 4.79 Å². The third-order valence-corrected chi connectivity index (χ3v) is 10.2. The van der Waals surface area contributed by atoms with Gasteiger partial charge in [-0.05, 0) is 12.1 Å². The van der Waals surface area contributed by atoms with Crippen molar-refractivity contribution in [1.82, 2.24) is 0 Å². The van der Waals surface area contributed by atoms with Crippen molar-refractivity contribution in [1.29, 1.82) is 0 Å². The lowest BCUT2D eigenvalue weighted by Crippen LogP contribution is -2.36. The number of aliphatic hydroxyl groups is 1. The number of ether oxygens (including phenoxy) is 1. The molecular formula is C24H36O4Si3. The molecule has 168 valence electrons. The van der Waals surface area contributed by atoms with E-state index >= 15 is 0 Å². The van der Waals surface area contributed by atoms with Crippen LogP contribution in [-0.2, 0) is 9.53 Å². The van der Waals surface area contributed by atoms with Gasteiger partial charge in [0, 0.05) is 35.6 Å². The maximum Gasteiger partial charge on any atom is 0.335 e. The average Bonchev–Trinajstić information content (AvgIpc) is 3.15. The first kappa shape index (κ1) is 24.1. The van der Waals surface area contributed by atoms with E-state index in [2.05, 4.69) is 70.4 Å². The first-order valence-electron chi connectivity index (χ1n) is 11.0. The van der Waals surface area contributed by atoms with Crippen LogP contribution in [-0.4, -0.2) is 40.9 Å². The summed E-state index contributed by atoms with van der Waals surface area (Å²) in [5.74, 6) is 4.32. The van der Waals surface area contributed by atoms with Gasteiger partial charge in [-0.1, -0.05) is 58.9 Å². The van der Waals surface area contributed by atoms with E-state index in [1.807, 2.05) is 12.1 Å². The molecule has 1 aromatic heterocycles. The molecule has 1 unspecified atom stereocenters. The van der Waals surface area contributed by atoms with Crippen molar-refractivity contribution in [3.05, 3.63) is 34.4 Å². The van der Waals surface area contributed by atoms with Crippen molar-refractivity contribution in [3.63, 3.8) is 0 Å². The fourth-order valence-electron chi connectivity index (χ4n) is 4.12. The van der Waals surface area contributed by atoms with Gasteiger partial charge in [0.05, 0.1) is 19.1 Å². The fourth-order valence-corrected chi connectivity index (χ4v) is 7.50. The van der Waals surface area contributed by atoms with E-state index in [-0.39, 0.29) is 5.97 Å². The molecule has 0 fully saturated rings. The lowest BCUT2D eigenvalue weighted by Gasteiger charge is -2.33. The molecule has 2 heterocycles. The Morgan fingerprint density at radius 2 is 1.58 bits per heavy atom. The van der Waals surface area contributed by atoms with Crippen LogP contribution in [0.25, 0.3) is 5.57 Å². The molecular weight excluding hydrogens is 437 g/mol. The molecule has 1 atom stereocenters. The monoisotopic (exact) mass is 472 g/mol. The summed E-state index contributed by atoms with van der Waals surface area (Å²) in [6.45, 7) is 19.7. The summed E-state index contributed by atoms with van der Waals surface area (Å²) in [5.41, 5.74) is 4.00. The van der Waals surface area contributed by atoms with Gasteiger partial charge in [0.1, 0.15) is 27.7 Å². The standard InChI is InChI=1S/C24H36O4Si3/c1-29(2,3)14-10-13-24(26)15-17(19-11-12-20(27-19)30(4,5)6)21-18(16-24)22(23(25)28-21)31(7,8)9/h11-12,26H,13,15-16H2,1-9H3. The highest BCUT2D eigenvalue weighted by molar-refractivity contribution is 6.88. The topological polar surface area (TPSA) is 59.7 Å². The number of fused-ring (bicyclic) bond motifs is 1. The molecule has 0 saturated heterocycles. The van der Waals surface area contributed by atoms with E-state index in [0.717, 1.165) is 21.7 Å². The normalized spacial score (nSPS) is 22.3. The number of hydrogen-bond donors (Lipinski definition) is 1. The van der Waals surface area contributed by atoms with Crippen molar-refractivity contribution in [3.8, 4) is 11.5 Å². The largest absolute Gasteiger partial charge is 0.466 e. The minimum Gasteiger partial charge on any atom is -0.466 e. The summed E-state index contributed by atoms with van der Waals surface area (Å²) in [6, 6.07) is 4.00. The van der Waals surface area contributed by atoms with Crippen molar-refractivity contribution < 1.29 is 19.1 Å². The zero-order valence-electron chi connectivity index (χ0n) is 20.4. The van der Waals surface area contributed by atoms with Gasteiger partial charge in [-0.2, -0.15) is 0 Å². The zero-order chi connectivity index (χ0) is 23.4. The second kappa shape index (κ2) is 7.77. The van der Waals surface area contributed by atoms with Gasteiger partial charge in [0.2, 0.25) is 0 Å². The molecule has 3 rings (SSSR count). The Morgan fingerprint density at radius 3 is 2.10 bits per heavy atom. The summed E-state index contributed by atoms with van der Waals surface area (Å²) in [4.78, 5) is 12.9. The molecule has 0 amide bonds. The van der Waals surface area contributed by atoms with E-state index in [4.69, 9.17) is 9.15 Å². The molecule has 1 aliphatic heterocycles. The van der Waals surface area contributed by atoms with E-state index in [1.165, 1.54) is 0 Å². The molecule has 7 heteroatoms. The van der Waals surface area contributed by atoms with Crippen LogP contribution in [0.15, 0.2) is 33.1 Å². The van der Waals surface area contributed by atoms with Crippen LogP contribution in [0.5, 0.6) is 0 Å². The predicted molar refractivity (Wildman–Crippen MR) is 135 cm³/mol. The van der Waals surface area contributed by atoms with Gasteiger partial charge >= 0.3 is 5.97 Å². The minimum absolute atomic E-state index is 0.254. The quantitative estimate of drug-likeness (QED) is 0.378.